The molecule has 1 aromatic carbocycles. The van der Waals surface area contributed by atoms with Gasteiger partial charge in [-0.2, -0.15) is 0 Å². The third kappa shape index (κ3) is 3.65. The molecule has 1 N–H and O–H groups in total. The number of Topliss-reactive ketones (excluding diaryl/α,β-unsaturated/α-hetero) is 1. The maximum Gasteiger partial charge on any atom is 0.298 e. The Morgan fingerprint density at radius 1 is 1.31 bits per heavy atom. The van der Waals surface area contributed by atoms with E-state index in [2.05, 4.69) is 10.3 Å². The highest BCUT2D eigenvalue weighted by Crippen LogP contribution is 2.21. The second-order valence-electron chi connectivity index (χ2n) is 6.72. The number of ketones is 1. The van der Waals surface area contributed by atoms with Crippen LogP contribution in [-0.4, -0.2) is 66.0 Å². The fourth-order valence-corrected chi connectivity index (χ4v) is 3.14. The number of amides is 2. The molecule has 8 heteroatoms. The third-order valence-corrected chi connectivity index (χ3v) is 4.76. The maximum absolute atomic E-state index is 12.9. The summed E-state index contributed by atoms with van der Waals surface area (Å²) < 4.78 is 12.9. The minimum absolute atomic E-state index is 0.131. The van der Waals surface area contributed by atoms with Crippen LogP contribution in [-0.2, 0) is 20.9 Å². The van der Waals surface area contributed by atoms with Gasteiger partial charge in [0.15, 0.2) is 6.04 Å². The molecule has 2 aliphatic rings. The summed E-state index contributed by atoms with van der Waals surface area (Å²) in [5.41, 5.74) is 0.689. The second kappa shape index (κ2) is 7.33. The van der Waals surface area contributed by atoms with Crippen LogP contribution >= 0.6 is 0 Å². The van der Waals surface area contributed by atoms with Crippen molar-refractivity contribution < 1.29 is 18.8 Å². The molecule has 2 heterocycles. The predicted molar refractivity (Wildman–Crippen MR) is 92.9 cm³/mol. The van der Waals surface area contributed by atoms with E-state index in [0.29, 0.717) is 24.4 Å². The van der Waals surface area contributed by atoms with Gasteiger partial charge >= 0.3 is 0 Å². The lowest BCUT2D eigenvalue weighted by molar-refractivity contribution is -0.146. The quantitative estimate of drug-likeness (QED) is 0.620. The van der Waals surface area contributed by atoms with Gasteiger partial charge in [0, 0.05) is 25.6 Å². The van der Waals surface area contributed by atoms with E-state index >= 15 is 0 Å². The number of nitrogens with one attached hydrogen (secondary N) is 1. The number of aliphatic imine (C=N–C) groups is 1. The Hall–Kier alpha value is -2.61. The van der Waals surface area contributed by atoms with Crippen molar-refractivity contribution in [1.82, 2.24) is 15.1 Å². The molecule has 0 spiro atoms. The van der Waals surface area contributed by atoms with Crippen LogP contribution in [0.2, 0.25) is 0 Å². The number of hydrogen-bond acceptors (Lipinski definition) is 5. The molecule has 2 amide bonds. The Morgan fingerprint density at radius 2 is 2.00 bits per heavy atom. The highest BCUT2D eigenvalue weighted by atomic mass is 19.1. The van der Waals surface area contributed by atoms with Crippen LogP contribution in [0, 0.1) is 5.82 Å². The van der Waals surface area contributed by atoms with Crippen molar-refractivity contribution in [3.05, 3.63) is 35.6 Å². The van der Waals surface area contributed by atoms with Gasteiger partial charge in [0.2, 0.25) is 0 Å². The Balaban J connectivity index is 1.72. The SMILES string of the molecule is CN(C)C1CCN2C(=O)C(=O)C(C(=O)NCc3ccc(F)cc3)N=C2C1. The van der Waals surface area contributed by atoms with Crippen LogP contribution in [0.4, 0.5) is 4.39 Å². The highest BCUT2D eigenvalue weighted by Gasteiger charge is 2.42. The van der Waals surface area contributed by atoms with E-state index in [1.165, 1.54) is 17.0 Å². The zero-order valence-corrected chi connectivity index (χ0v) is 14.7. The van der Waals surface area contributed by atoms with Crippen LogP contribution in [0.25, 0.3) is 0 Å². The topological polar surface area (TPSA) is 82.1 Å². The largest absolute Gasteiger partial charge is 0.350 e. The molecule has 2 atom stereocenters. The van der Waals surface area contributed by atoms with E-state index in [9.17, 15) is 18.8 Å². The van der Waals surface area contributed by atoms with Crippen molar-refractivity contribution in [2.24, 2.45) is 4.99 Å². The number of amidine groups is 1. The van der Waals surface area contributed by atoms with Crippen LogP contribution in [0.5, 0.6) is 0 Å². The Morgan fingerprint density at radius 3 is 2.65 bits per heavy atom. The number of piperidine rings is 1. The second-order valence-corrected chi connectivity index (χ2v) is 6.72. The van der Waals surface area contributed by atoms with Gasteiger partial charge in [0.25, 0.3) is 17.6 Å². The molecule has 138 valence electrons. The lowest BCUT2D eigenvalue weighted by Gasteiger charge is -2.38. The van der Waals surface area contributed by atoms with E-state index < -0.39 is 23.6 Å². The first-order valence-corrected chi connectivity index (χ1v) is 8.48. The number of fused-ring (bicyclic) bond motifs is 1. The first-order valence-electron chi connectivity index (χ1n) is 8.48. The average Bonchev–Trinajstić information content (AvgIpc) is 2.63. The summed E-state index contributed by atoms with van der Waals surface area (Å²) in [6.45, 7) is 0.558. The van der Waals surface area contributed by atoms with Crippen molar-refractivity contribution in [3.8, 4) is 0 Å². The maximum atomic E-state index is 12.9. The summed E-state index contributed by atoms with van der Waals surface area (Å²) >= 11 is 0. The summed E-state index contributed by atoms with van der Waals surface area (Å²) in [5.74, 6) is -1.98. The number of hydrogen-bond donors (Lipinski definition) is 1. The number of rotatable bonds is 4. The molecule has 0 aromatic heterocycles. The lowest BCUT2D eigenvalue weighted by Crippen LogP contribution is -2.57. The van der Waals surface area contributed by atoms with Crippen LogP contribution in [0.1, 0.15) is 18.4 Å². The van der Waals surface area contributed by atoms with E-state index in [0.717, 1.165) is 6.42 Å². The fourth-order valence-electron chi connectivity index (χ4n) is 3.14. The molecule has 7 nitrogen and oxygen atoms in total. The van der Waals surface area contributed by atoms with Gasteiger partial charge in [0.05, 0.1) is 0 Å². The molecule has 1 fully saturated rings. The minimum atomic E-state index is -1.35. The molecular weight excluding hydrogens is 339 g/mol. The standard InChI is InChI=1S/C18H21FN4O3/c1-22(2)13-7-8-23-14(9-13)21-15(16(24)18(23)26)17(25)20-10-11-3-5-12(19)6-4-11/h3-6,13,15H,7-10H2,1-2H3,(H,20,25). The summed E-state index contributed by atoms with van der Waals surface area (Å²) in [6, 6.07) is 4.53. The minimum Gasteiger partial charge on any atom is -0.350 e. The van der Waals surface area contributed by atoms with Gasteiger partial charge in [-0.3, -0.25) is 24.3 Å². The number of carbonyl (C=O) groups is 3. The lowest BCUT2D eigenvalue weighted by atomic mass is 9.98. The molecule has 2 aliphatic heterocycles. The molecule has 2 unspecified atom stereocenters. The van der Waals surface area contributed by atoms with Gasteiger partial charge in [0.1, 0.15) is 11.7 Å². The smallest absolute Gasteiger partial charge is 0.298 e. The van der Waals surface area contributed by atoms with Crippen molar-refractivity contribution in [2.45, 2.75) is 31.5 Å². The monoisotopic (exact) mass is 360 g/mol. The fraction of sp³-hybridized carbons (Fsp3) is 0.444. The van der Waals surface area contributed by atoms with E-state index in [1.54, 1.807) is 12.1 Å². The Kier molecular flexibility index (Phi) is 5.13. The predicted octanol–water partition coefficient (Wildman–Crippen LogP) is 0.344. The van der Waals surface area contributed by atoms with E-state index in [-0.39, 0.29) is 18.4 Å². The summed E-state index contributed by atoms with van der Waals surface area (Å²) in [5, 5.41) is 2.60. The summed E-state index contributed by atoms with van der Waals surface area (Å²) in [6.07, 6.45) is 1.28. The Bertz CT molecular complexity index is 760. The molecule has 1 saturated heterocycles. The molecule has 1 aromatic rings. The number of halogens is 1. The van der Waals surface area contributed by atoms with Gasteiger partial charge in [-0.05, 0) is 38.2 Å². The molecule has 0 radical (unpaired) electrons. The number of nitrogens with zero attached hydrogens (tertiary/aromatic N) is 3. The zero-order chi connectivity index (χ0) is 18.8. The van der Waals surface area contributed by atoms with Crippen LogP contribution < -0.4 is 5.32 Å². The number of carbonyl (C=O) groups excluding carboxylic acids is 3. The highest BCUT2D eigenvalue weighted by molar-refractivity contribution is 6.46. The van der Waals surface area contributed by atoms with Gasteiger partial charge in [-0.15, -0.1) is 0 Å². The van der Waals surface area contributed by atoms with Crippen molar-refractivity contribution in [3.63, 3.8) is 0 Å². The summed E-state index contributed by atoms with van der Waals surface area (Å²) in [7, 11) is 3.90. The van der Waals surface area contributed by atoms with E-state index in [4.69, 9.17) is 0 Å². The van der Waals surface area contributed by atoms with Gasteiger partial charge < -0.3 is 10.2 Å². The molecular formula is C18H21FN4O3. The van der Waals surface area contributed by atoms with E-state index in [1.807, 2.05) is 19.0 Å². The zero-order valence-electron chi connectivity index (χ0n) is 14.7. The van der Waals surface area contributed by atoms with Crippen molar-refractivity contribution >= 4 is 23.4 Å². The molecule has 0 bridgehead atoms. The molecule has 26 heavy (non-hydrogen) atoms. The van der Waals surface area contributed by atoms with Gasteiger partial charge in [-0.25, -0.2) is 4.39 Å². The van der Waals surface area contributed by atoms with Gasteiger partial charge in [-0.1, -0.05) is 12.1 Å². The third-order valence-electron chi connectivity index (χ3n) is 4.76. The molecule has 3 rings (SSSR count). The van der Waals surface area contributed by atoms with Crippen molar-refractivity contribution in [2.75, 3.05) is 20.6 Å². The van der Waals surface area contributed by atoms with Crippen molar-refractivity contribution in [1.29, 1.82) is 0 Å². The molecule has 0 saturated carbocycles. The summed E-state index contributed by atoms with van der Waals surface area (Å²) in [4.78, 5) is 44.7. The first kappa shape index (κ1) is 18.2. The van der Waals surface area contributed by atoms with Crippen LogP contribution in [0.3, 0.4) is 0 Å². The van der Waals surface area contributed by atoms with Crippen LogP contribution in [0.15, 0.2) is 29.3 Å². The Labute approximate surface area is 150 Å². The number of benzene rings is 1. The normalized spacial score (nSPS) is 22.9. The average molecular weight is 360 g/mol. The first-order chi connectivity index (χ1) is 12.4. The molecule has 0 aliphatic carbocycles.